The number of nitrogens with one attached hydrogen (secondary N) is 1. The molecule has 0 spiro atoms. The van der Waals surface area contributed by atoms with E-state index >= 15 is 0 Å². The molecule has 0 atom stereocenters. The number of aryl methyl sites for hydroxylation is 2. The fourth-order valence-electron chi connectivity index (χ4n) is 3.50. The van der Waals surface area contributed by atoms with E-state index in [4.69, 9.17) is 32.4 Å². The summed E-state index contributed by atoms with van der Waals surface area (Å²) in [5, 5.41) is 3.65. The van der Waals surface area contributed by atoms with Gasteiger partial charge in [-0.25, -0.2) is 4.98 Å². The molecule has 0 fully saturated rings. The van der Waals surface area contributed by atoms with Gasteiger partial charge in [0.15, 0.2) is 5.58 Å². The van der Waals surface area contributed by atoms with E-state index in [-0.39, 0.29) is 5.91 Å². The fourth-order valence-corrected chi connectivity index (χ4v) is 4.08. The highest BCUT2D eigenvalue weighted by atomic mass is 35.5. The third kappa shape index (κ3) is 4.79. The fraction of sp³-hybridized carbons (Fsp3) is 0.120. The maximum absolute atomic E-state index is 12.4. The standard InChI is InChI=1S/C25H20Cl2N2O3/c1-14-8-15(2)10-17(9-14)25-29-21-13-19(5-6-22(21)32-25)28-23(30)7-4-16-11-18(26)12-20(27)24(16)31-3/h4-13H,1-3H3,(H,28,30). The number of oxazole rings is 1. The van der Waals surface area contributed by atoms with E-state index in [1.54, 1.807) is 36.4 Å². The van der Waals surface area contributed by atoms with Gasteiger partial charge in [-0.05, 0) is 62.4 Å². The highest BCUT2D eigenvalue weighted by Crippen LogP contribution is 2.33. The number of ether oxygens (including phenoxy) is 1. The third-order valence-electron chi connectivity index (χ3n) is 4.78. The molecule has 7 heteroatoms. The van der Waals surface area contributed by atoms with E-state index in [1.165, 1.54) is 13.2 Å². The van der Waals surface area contributed by atoms with Crippen LogP contribution in [0.2, 0.25) is 10.0 Å². The second-order valence-corrected chi connectivity index (χ2v) is 8.25. The number of rotatable bonds is 5. The lowest BCUT2D eigenvalue weighted by Gasteiger charge is -2.08. The molecule has 0 saturated heterocycles. The molecule has 0 aliphatic rings. The van der Waals surface area contributed by atoms with Crippen LogP contribution >= 0.6 is 23.2 Å². The Labute approximate surface area is 195 Å². The zero-order valence-electron chi connectivity index (χ0n) is 17.7. The molecular formula is C25H20Cl2N2O3. The van der Waals surface area contributed by atoms with Gasteiger partial charge >= 0.3 is 0 Å². The Kier molecular flexibility index (Phi) is 6.21. The lowest BCUT2D eigenvalue weighted by Crippen LogP contribution is -2.07. The topological polar surface area (TPSA) is 64.4 Å². The van der Waals surface area contributed by atoms with Crippen molar-refractivity contribution in [3.05, 3.63) is 81.3 Å². The van der Waals surface area contributed by atoms with Crippen LogP contribution in [-0.2, 0) is 4.79 Å². The van der Waals surface area contributed by atoms with Crippen molar-refractivity contribution in [1.29, 1.82) is 0 Å². The summed E-state index contributed by atoms with van der Waals surface area (Å²) in [6.07, 6.45) is 2.98. The number of methoxy groups -OCH3 is 1. The summed E-state index contributed by atoms with van der Waals surface area (Å²) in [6, 6.07) is 14.7. The second-order valence-electron chi connectivity index (χ2n) is 7.41. The molecule has 1 aromatic heterocycles. The summed E-state index contributed by atoms with van der Waals surface area (Å²) in [5.41, 5.74) is 5.70. The Bertz CT molecular complexity index is 1340. The summed E-state index contributed by atoms with van der Waals surface area (Å²) in [7, 11) is 1.51. The molecule has 0 unspecified atom stereocenters. The van der Waals surface area contributed by atoms with Crippen molar-refractivity contribution in [2.75, 3.05) is 12.4 Å². The molecular weight excluding hydrogens is 447 g/mol. The van der Waals surface area contributed by atoms with E-state index < -0.39 is 0 Å². The third-order valence-corrected chi connectivity index (χ3v) is 5.28. The number of carbonyl (C=O) groups excluding carboxylic acids is 1. The number of hydrogen-bond acceptors (Lipinski definition) is 4. The molecule has 1 amide bonds. The minimum atomic E-state index is -0.319. The van der Waals surface area contributed by atoms with Gasteiger partial charge in [-0.15, -0.1) is 0 Å². The highest BCUT2D eigenvalue weighted by molar-refractivity contribution is 6.36. The van der Waals surface area contributed by atoms with Crippen molar-refractivity contribution in [2.45, 2.75) is 13.8 Å². The molecule has 0 bridgehead atoms. The van der Waals surface area contributed by atoms with Crippen LogP contribution in [0.15, 0.2) is 59.0 Å². The maximum atomic E-state index is 12.4. The normalized spacial score (nSPS) is 11.3. The number of carbonyl (C=O) groups is 1. The van der Waals surface area contributed by atoms with Crippen LogP contribution in [0.4, 0.5) is 5.69 Å². The SMILES string of the molecule is COc1c(Cl)cc(Cl)cc1C=CC(=O)Nc1ccc2oc(-c3cc(C)cc(C)c3)nc2c1. The number of nitrogens with zero attached hydrogens (tertiary/aromatic N) is 1. The van der Waals surface area contributed by atoms with E-state index in [9.17, 15) is 4.79 Å². The predicted molar refractivity (Wildman–Crippen MR) is 130 cm³/mol. The quantitative estimate of drug-likeness (QED) is 0.319. The molecule has 3 aromatic carbocycles. The van der Waals surface area contributed by atoms with Crippen LogP contribution in [0, 0.1) is 13.8 Å². The Balaban J connectivity index is 1.54. The van der Waals surface area contributed by atoms with Gasteiger partial charge < -0.3 is 14.5 Å². The Morgan fingerprint density at radius 3 is 2.53 bits per heavy atom. The number of fused-ring (bicyclic) bond motifs is 1. The number of hydrogen-bond donors (Lipinski definition) is 1. The first-order chi connectivity index (χ1) is 15.3. The van der Waals surface area contributed by atoms with Gasteiger partial charge in [0.1, 0.15) is 11.3 Å². The molecule has 4 rings (SSSR count). The molecule has 162 valence electrons. The van der Waals surface area contributed by atoms with Crippen molar-refractivity contribution in [3.8, 4) is 17.2 Å². The Hall–Kier alpha value is -3.28. The number of aromatic nitrogens is 1. The van der Waals surface area contributed by atoms with Crippen molar-refractivity contribution < 1.29 is 13.9 Å². The lowest BCUT2D eigenvalue weighted by atomic mass is 10.1. The van der Waals surface area contributed by atoms with Crippen LogP contribution in [0.5, 0.6) is 5.75 Å². The monoisotopic (exact) mass is 466 g/mol. The van der Waals surface area contributed by atoms with Gasteiger partial charge in [0.2, 0.25) is 11.8 Å². The zero-order valence-corrected chi connectivity index (χ0v) is 19.2. The van der Waals surface area contributed by atoms with Gasteiger partial charge in [-0.3, -0.25) is 4.79 Å². The summed E-state index contributed by atoms with van der Waals surface area (Å²) in [5.74, 6) is 0.670. The van der Waals surface area contributed by atoms with Crippen LogP contribution in [-0.4, -0.2) is 18.0 Å². The largest absolute Gasteiger partial charge is 0.495 e. The molecule has 0 saturated carbocycles. The van der Waals surface area contributed by atoms with Gasteiger partial charge in [0, 0.05) is 27.9 Å². The first-order valence-electron chi connectivity index (χ1n) is 9.84. The number of anilines is 1. The average Bonchev–Trinajstić information content (AvgIpc) is 3.15. The van der Waals surface area contributed by atoms with E-state index in [2.05, 4.69) is 16.4 Å². The molecule has 32 heavy (non-hydrogen) atoms. The smallest absolute Gasteiger partial charge is 0.248 e. The number of benzene rings is 3. The molecule has 1 N–H and O–H groups in total. The zero-order chi connectivity index (χ0) is 22.8. The first kappa shape index (κ1) is 21.9. The first-order valence-corrected chi connectivity index (χ1v) is 10.6. The van der Waals surface area contributed by atoms with Crippen molar-refractivity contribution in [3.63, 3.8) is 0 Å². The number of amides is 1. The summed E-state index contributed by atoms with van der Waals surface area (Å²) in [4.78, 5) is 17.0. The van der Waals surface area contributed by atoms with Crippen molar-refractivity contribution >= 4 is 52.0 Å². The number of halogens is 2. The summed E-state index contributed by atoms with van der Waals surface area (Å²) in [6.45, 7) is 4.07. The molecule has 1 heterocycles. The maximum Gasteiger partial charge on any atom is 0.248 e. The molecule has 0 aliphatic carbocycles. The lowest BCUT2D eigenvalue weighted by molar-refractivity contribution is -0.111. The molecule has 4 aromatic rings. The van der Waals surface area contributed by atoms with Crippen molar-refractivity contribution in [1.82, 2.24) is 4.98 Å². The van der Waals surface area contributed by atoms with Gasteiger partial charge in [-0.2, -0.15) is 0 Å². The van der Waals surface area contributed by atoms with Gasteiger partial charge in [0.05, 0.1) is 12.1 Å². The minimum absolute atomic E-state index is 0.319. The van der Waals surface area contributed by atoms with Crippen LogP contribution in [0.3, 0.4) is 0 Å². The minimum Gasteiger partial charge on any atom is -0.495 e. The Morgan fingerprint density at radius 2 is 1.81 bits per heavy atom. The van der Waals surface area contributed by atoms with Gasteiger partial charge in [-0.1, -0.05) is 40.4 Å². The van der Waals surface area contributed by atoms with Gasteiger partial charge in [0.25, 0.3) is 0 Å². The Morgan fingerprint density at radius 1 is 1.06 bits per heavy atom. The molecule has 0 radical (unpaired) electrons. The molecule has 0 aliphatic heterocycles. The summed E-state index contributed by atoms with van der Waals surface area (Å²) >= 11 is 12.2. The average molecular weight is 467 g/mol. The van der Waals surface area contributed by atoms with E-state index in [0.29, 0.717) is 44.0 Å². The van der Waals surface area contributed by atoms with Crippen LogP contribution < -0.4 is 10.1 Å². The summed E-state index contributed by atoms with van der Waals surface area (Å²) < 4.78 is 11.2. The highest BCUT2D eigenvalue weighted by Gasteiger charge is 2.11. The predicted octanol–water partition coefficient (Wildman–Crippen LogP) is 7.08. The van der Waals surface area contributed by atoms with Crippen LogP contribution in [0.25, 0.3) is 28.6 Å². The second kappa shape index (κ2) is 9.07. The van der Waals surface area contributed by atoms with E-state index in [0.717, 1.165) is 16.7 Å². The molecule has 5 nitrogen and oxygen atoms in total. The van der Waals surface area contributed by atoms with Crippen LogP contribution in [0.1, 0.15) is 16.7 Å². The van der Waals surface area contributed by atoms with Crippen molar-refractivity contribution in [2.24, 2.45) is 0 Å². The van der Waals surface area contributed by atoms with E-state index in [1.807, 2.05) is 26.0 Å².